The Morgan fingerprint density at radius 2 is 1.74 bits per heavy atom. The number of amidine groups is 1. The fraction of sp³-hybridized carbons (Fsp3) is 0.310. The lowest BCUT2D eigenvalue weighted by atomic mass is 10.0. The van der Waals surface area contributed by atoms with Crippen LogP contribution in [-0.4, -0.2) is 47.4 Å². The van der Waals surface area contributed by atoms with E-state index >= 15 is 0 Å². The molecule has 1 amide bonds. The first kappa shape index (κ1) is 23.1. The van der Waals surface area contributed by atoms with E-state index in [-0.39, 0.29) is 11.7 Å². The zero-order valence-corrected chi connectivity index (χ0v) is 20.1. The SMILES string of the molecule is N=C(N)c1ccc2cc(C(=O)NCCCN3CCCCC3)n(Cc3cccc4ccccc34)c2c1. The van der Waals surface area contributed by atoms with Gasteiger partial charge >= 0.3 is 0 Å². The van der Waals surface area contributed by atoms with Gasteiger partial charge in [-0.25, -0.2) is 0 Å². The van der Waals surface area contributed by atoms with Crippen LogP contribution in [0.3, 0.4) is 0 Å². The molecule has 0 bridgehead atoms. The predicted octanol–water partition coefficient (Wildman–Crippen LogP) is 4.73. The number of nitrogens with zero attached hydrogens (tertiary/aromatic N) is 2. The Morgan fingerprint density at radius 3 is 2.57 bits per heavy atom. The maximum atomic E-state index is 13.3. The molecule has 4 aromatic rings. The van der Waals surface area contributed by atoms with Crippen molar-refractivity contribution >= 4 is 33.4 Å². The minimum absolute atomic E-state index is 0.0218. The average molecular weight is 468 g/mol. The van der Waals surface area contributed by atoms with E-state index in [9.17, 15) is 4.79 Å². The number of fused-ring (bicyclic) bond motifs is 2. The Kier molecular flexibility index (Phi) is 6.82. The van der Waals surface area contributed by atoms with Crippen LogP contribution >= 0.6 is 0 Å². The number of hydrogen-bond acceptors (Lipinski definition) is 3. The Labute approximate surface area is 206 Å². The smallest absolute Gasteiger partial charge is 0.267 e. The lowest BCUT2D eigenvalue weighted by molar-refractivity contribution is 0.0942. The number of nitrogen functional groups attached to an aromatic ring is 1. The summed E-state index contributed by atoms with van der Waals surface area (Å²) in [4.78, 5) is 15.8. The van der Waals surface area contributed by atoms with Crippen LogP contribution < -0.4 is 11.1 Å². The molecule has 0 radical (unpaired) electrons. The summed E-state index contributed by atoms with van der Waals surface area (Å²) in [5, 5.41) is 14.3. The number of amides is 1. The standard InChI is InChI=1S/C29H33N5O/c30-28(31)23-13-12-22-18-27(29(35)32-14-7-17-33-15-4-1-5-16-33)34(26(22)19-23)20-24-10-6-9-21-8-2-3-11-25(21)24/h2-3,6,8-13,18-19H,1,4-5,7,14-17,20H2,(H3,30,31)(H,32,35). The Bertz CT molecular complexity index is 1360. The third kappa shape index (κ3) is 5.08. The van der Waals surface area contributed by atoms with Crippen LogP contribution in [0.5, 0.6) is 0 Å². The van der Waals surface area contributed by atoms with Gasteiger partial charge in [0, 0.05) is 29.6 Å². The Hall–Kier alpha value is -3.64. The largest absolute Gasteiger partial charge is 0.384 e. The van der Waals surface area contributed by atoms with E-state index in [0.717, 1.165) is 29.4 Å². The number of nitrogens with one attached hydrogen (secondary N) is 2. The van der Waals surface area contributed by atoms with Crippen LogP contribution in [0.1, 0.15) is 47.3 Å². The summed E-state index contributed by atoms with van der Waals surface area (Å²) in [6, 6.07) is 22.2. The molecular formula is C29H33N5O. The van der Waals surface area contributed by atoms with Gasteiger partial charge in [-0.15, -0.1) is 0 Å². The normalized spacial score (nSPS) is 14.4. The van der Waals surface area contributed by atoms with Gasteiger partial charge in [0.2, 0.25) is 0 Å². The molecule has 0 saturated carbocycles. The molecule has 0 spiro atoms. The second-order valence-electron chi connectivity index (χ2n) is 9.45. The number of aromatic nitrogens is 1. The van der Waals surface area contributed by atoms with E-state index in [1.165, 1.54) is 43.1 Å². The number of hydrogen-bond donors (Lipinski definition) is 3. The first-order chi connectivity index (χ1) is 17.1. The van der Waals surface area contributed by atoms with E-state index < -0.39 is 0 Å². The van der Waals surface area contributed by atoms with Crippen molar-refractivity contribution in [2.45, 2.75) is 32.2 Å². The highest BCUT2D eigenvalue weighted by molar-refractivity contribution is 6.02. The van der Waals surface area contributed by atoms with E-state index in [1.807, 2.05) is 36.4 Å². The van der Waals surface area contributed by atoms with Crippen molar-refractivity contribution in [1.82, 2.24) is 14.8 Å². The van der Waals surface area contributed by atoms with E-state index in [1.54, 1.807) is 0 Å². The molecule has 0 unspecified atom stereocenters. The minimum Gasteiger partial charge on any atom is -0.384 e. The summed E-state index contributed by atoms with van der Waals surface area (Å²) in [6.07, 6.45) is 4.84. The fourth-order valence-corrected chi connectivity index (χ4v) is 5.16. The van der Waals surface area contributed by atoms with Gasteiger partial charge in [0.15, 0.2) is 0 Å². The van der Waals surface area contributed by atoms with Crippen molar-refractivity contribution in [2.24, 2.45) is 5.73 Å². The monoisotopic (exact) mass is 467 g/mol. The zero-order valence-electron chi connectivity index (χ0n) is 20.1. The number of carbonyl (C=O) groups excluding carboxylic acids is 1. The molecule has 180 valence electrons. The van der Waals surface area contributed by atoms with Gasteiger partial charge in [-0.1, -0.05) is 61.0 Å². The summed E-state index contributed by atoms with van der Waals surface area (Å²) < 4.78 is 2.06. The Balaban J connectivity index is 1.43. The van der Waals surface area contributed by atoms with Gasteiger partial charge in [0.05, 0.1) is 0 Å². The molecule has 6 heteroatoms. The molecule has 1 aliphatic heterocycles. The van der Waals surface area contributed by atoms with E-state index in [2.05, 4.69) is 45.1 Å². The fourth-order valence-electron chi connectivity index (χ4n) is 5.16. The van der Waals surface area contributed by atoms with Crippen molar-refractivity contribution in [3.05, 3.63) is 83.6 Å². The molecule has 0 aliphatic carbocycles. The summed E-state index contributed by atoms with van der Waals surface area (Å²) in [5.41, 5.74) is 9.12. The molecule has 1 aliphatic rings. The number of benzene rings is 3. The Morgan fingerprint density at radius 1 is 0.943 bits per heavy atom. The van der Waals surface area contributed by atoms with Crippen molar-refractivity contribution in [3.63, 3.8) is 0 Å². The molecule has 1 saturated heterocycles. The van der Waals surface area contributed by atoms with Gasteiger partial charge in [-0.3, -0.25) is 10.2 Å². The summed E-state index contributed by atoms with van der Waals surface area (Å²) in [7, 11) is 0. The zero-order chi connectivity index (χ0) is 24.2. The second kappa shape index (κ2) is 10.3. The predicted molar refractivity (Wildman–Crippen MR) is 143 cm³/mol. The highest BCUT2D eigenvalue weighted by Crippen LogP contribution is 2.26. The molecule has 6 nitrogen and oxygen atoms in total. The maximum Gasteiger partial charge on any atom is 0.267 e. The highest BCUT2D eigenvalue weighted by Gasteiger charge is 2.18. The number of rotatable bonds is 8. The molecule has 3 aromatic carbocycles. The van der Waals surface area contributed by atoms with Gasteiger partial charge < -0.3 is 20.5 Å². The molecule has 4 N–H and O–H groups in total. The van der Waals surface area contributed by atoms with Crippen LogP contribution in [0.25, 0.3) is 21.7 Å². The molecule has 35 heavy (non-hydrogen) atoms. The number of carbonyl (C=O) groups is 1. The van der Waals surface area contributed by atoms with E-state index in [4.69, 9.17) is 11.1 Å². The molecule has 1 aromatic heterocycles. The summed E-state index contributed by atoms with van der Waals surface area (Å²) in [6.45, 7) is 4.59. The number of nitrogens with two attached hydrogens (primary N) is 1. The third-order valence-electron chi connectivity index (χ3n) is 7.04. The lowest BCUT2D eigenvalue weighted by Crippen LogP contribution is -2.33. The lowest BCUT2D eigenvalue weighted by Gasteiger charge is -2.26. The van der Waals surface area contributed by atoms with Gasteiger partial charge in [-0.05, 0) is 67.4 Å². The van der Waals surface area contributed by atoms with Crippen LogP contribution in [0.4, 0.5) is 0 Å². The maximum absolute atomic E-state index is 13.3. The van der Waals surface area contributed by atoms with Crippen molar-refractivity contribution in [1.29, 1.82) is 5.41 Å². The summed E-state index contributed by atoms with van der Waals surface area (Å²) in [5.74, 6) is -0.0435. The highest BCUT2D eigenvalue weighted by atomic mass is 16.1. The van der Waals surface area contributed by atoms with Gasteiger partial charge in [-0.2, -0.15) is 0 Å². The molecule has 1 fully saturated rings. The topological polar surface area (TPSA) is 87.1 Å². The molecule has 2 heterocycles. The first-order valence-electron chi connectivity index (χ1n) is 12.5. The van der Waals surface area contributed by atoms with Crippen LogP contribution in [0.15, 0.2) is 66.7 Å². The van der Waals surface area contributed by atoms with Gasteiger partial charge in [0.1, 0.15) is 11.5 Å². The minimum atomic E-state index is -0.0653. The molecule has 0 atom stereocenters. The third-order valence-corrected chi connectivity index (χ3v) is 7.04. The quantitative estimate of drug-likeness (QED) is 0.199. The van der Waals surface area contributed by atoms with Gasteiger partial charge in [0.25, 0.3) is 5.91 Å². The van der Waals surface area contributed by atoms with Crippen molar-refractivity contribution in [2.75, 3.05) is 26.2 Å². The van der Waals surface area contributed by atoms with Crippen molar-refractivity contribution in [3.8, 4) is 0 Å². The average Bonchev–Trinajstić information content (AvgIpc) is 3.25. The second-order valence-corrected chi connectivity index (χ2v) is 9.45. The van der Waals surface area contributed by atoms with Crippen LogP contribution in [0, 0.1) is 5.41 Å². The van der Waals surface area contributed by atoms with Crippen LogP contribution in [-0.2, 0) is 6.54 Å². The number of likely N-dealkylation sites (tertiary alicyclic amines) is 1. The van der Waals surface area contributed by atoms with E-state index in [0.29, 0.717) is 24.3 Å². The first-order valence-corrected chi connectivity index (χ1v) is 12.5. The molecular weight excluding hydrogens is 434 g/mol. The molecule has 5 rings (SSSR count). The van der Waals surface area contributed by atoms with Crippen LogP contribution in [0.2, 0.25) is 0 Å². The summed E-state index contributed by atoms with van der Waals surface area (Å²) >= 11 is 0. The van der Waals surface area contributed by atoms with Crippen molar-refractivity contribution < 1.29 is 4.79 Å². The number of piperidine rings is 1.